The molecule has 90 valence electrons. The number of amides is 1. The number of carbonyl (C=O) groups is 1. The third kappa shape index (κ3) is 2.55. The average Bonchev–Trinajstić information content (AvgIpc) is 2.72. The van der Waals surface area contributed by atoms with Gasteiger partial charge in [-0.05, 0) is 31.6 Å². The van der Waals surface area contributed by atoms with Crippen molar-refractivity contribution < 1.29 is 4.79 Å². The second-order valence-electron chi connectivity index (χ2n) is 4.90. The summed E-state index contributed by atoms with van der Waals surface area (Å²) in [4.78, 5) is 12.1. The van der Waals surface area contributed by atoms with E-state index in [1.54, 1.807) is 0 Å². The van der Waals surface area contributed by atoms with Crippen LogP contribution in [0.25, 0.3) is 0 Å². The van der Waals surface area contributed by atoms with Crippen LogP contribution >= 0.6 is 0 Å². The monoisotopic (exact) mass is 222 g/mol. The van der Waals surface area contributed by atoms with Gasteiger partial charge in [0.1, 0.15) is 5.54 Å². The molecule has 0 aromatic heterocycles. The first kappa shape index (κ1) is 13.0. The molecular weight excluding hydrogens is 200 g/mol. The lowest BCUT2D eigenvalue weighted by molar-refractivity contribution is -0.127. The fourth-order valence-electron chi connectivity index (χ4n) is 2.48. The molecular formula is C13H22N2O. The minimum absolute atomic E-state index is 0.0789. The van der Waals surface area contributed by atoms with Gasteiger partial charge in [-0.25, -0.2) is 0 Å². The Morgan fingerprint density at radius 3 is 2.44 bits per heavy atom. The number of nitrogens with zero attached hydrogens (tertiary/aromatic N) is 1. The molecule has 1 amide bonds. The Morgan fingerprint density at radius 2 is 2.06 bits per heavy atom. The zero-order valence-electron chi connectivity index (χ0n) is 10.5. The van der Waals surface area contributed by atoms with Gasteiger partial charge in [-0.2, -0.15) is 5.26 Å². The van der Waals surface area contributed by atoms with E-state index in [1.807, 2.05) is 13.8 Å². The summed E-state index contributed by atoms with van der Waals surface area (Å²) < 4.78 is 0. The molecule has 0 saturated heterocycles. The summed E-state index contributed by atoms with van der Waals surface area (Å²) in [5, 5.41) is 12.1. The average molecular weight is 222 g/mol. The highest BCUT2D eigenvalue weighted by atomic mass is 16.2. The number of rotatable bonds is 4. The molecule has 0 aromatic rings. The SMILES string of the molecule is CCC(C#N)(CC)NC(=O)C1CCCC1C. The summed E-state index contributed by atoms with van der Waals surface area (Å²) in [6, 6.07) is 2.25. The van der Waals surface area contributed by atoms with Gasteiger partial charge in [-0.15, -0.1) is 0 Å². The van der Waals surface area contributed by atoms with Crippen molar-refractivity contribution in [1.82, 2.24) is 5.32 Å². The number of hydrogen-bond donors (Lipinski definition) is 1. The predicted molar refractivity (Wildman–Crippen MR) is 63.6 cm³/mol. The van der Waals surface area contributed by atoms with Gasteiger partial charge in [0, 0.05) is 5.92 Å². The maximum atomic E-state index is 12.1. The molecule has 2 atom stereocenters. The Labute approximate surface area is 98.2 Å². The highest BCUT2D eigenvalue weighted by Gasteiger charge is 2.35. The van der Waals surface area contributed by atoms with Crippen LogP contribution in [0.15, 0.2) is 0 Å². The van der Waals surface area contributed by atoms with E-state index >= 15 is 0 Å². The van der Waals surface area contributed by atoms with Crippen LogP contribution in [0.5, 0.6) is 0 Å². The normalized spacial score (nSPS) is 25.1. The standard InChI is InChI=1S/C13H22N2O/c1-4-13(5-2,9-14)15-12(16)11-8-6-7-10(11)3/h10-11H,4-8H2,1-3H3,(H,15,16). The Kier molecular flexibility index (Phi) is 4.35. The highest BCUT2D eigenvalue weighted by molar-refractivity contribution is 5.80. The van der Waals surface area contributed by atoms with Crippen molar-refractivity contribution in [2.75, 3.05) is 0 Å². The van der Waals surface area contributed by atoms with Crippen molar-refractivity contribution in [2.24, 2.45) is 11.8 Å². The van der Waals surface area contributed by atoms with Crippen LogP contribution in [0, 0.1) is 23.2 Å². The third-order valence-corrected chi connectivity index (χ3v) is 3.98. The Morgan fingerprint density at radius 1 is 1.44 bits per heavy atom. The smallest absolute Gasteiger partial charge is 0.224 e. The number of carbonyl (C=O) groups excluding carboxylic acids is 1. The molecule has 1 aliphatic rings. The number of nitriles is 1. The topological polar surface area (TPSA) is 52.9 Å². The van der Waals surface area contributed by atoms with Gasteiger partial charge in [0.15, 0.2) is 0 Å². The van der Waals surface area contributed by atoms with Crippen LogP contribution in [-0.2, 0) is 4.79 Å². The molecule has 0 spiro atoms. The first-order valence-electron chi connectivity index (χ1n) is 6.31. The van der Waals surface area contributed by atoms with Gasteiger partial charge in [-0.1, -0.05) is 27.2 Å². The summed E-state index contributed by atoms with van der Waals surface area (Å²) in [6.45, 7) is 6.03. The zero-order chi connectivity index (χ0) is 12.2. The molecule has 1 aliphatic carbocycles. The van der Waals surface area contributed by atoms with Gasteiger partial charge in [0.25, 0.3) is 0 Å². The third-order valence-electron chi connectivity index (χ3n) is 3.98. The molecule has 0 radical (unpaired) electrons. The summed E-state index contributed by atoms with van der Waals surface area (Å²) in [5.41, 5.74) is -0.653. The summed E-state index contributed by atoms with van der Waals surface area (Å²) in [5.74, 6) is 0.659. The molecule has 0 bridgehead atoms. The molecule has 2 unspecified atom stereocenters. The fraction of sp³-hybridized carbons (Fsp3) is 0.846. The number of hydrogen-bond acceptors (Lipinski definition) is 2. The van der Waals surface area contributed by atoms with Crippen molar-refractivity contribution in [1.29, 1.82) is 5.26 Å². The molecule has 1 rings (SSSR count). The van der Waals surface area contributed by atoms with Gasteiger partial charge < -0.3 is 5.32 Å². The Hall–Kier alpha value is -1.04. The van der Waals surface area contributed by atoms with Crippen molar-refractivity contribution in [3.05, 3.63) is 0 Å². The zero-order valence-corrected chi connectivity index (χ0v) is 10.5. The van der Waals surface area contributed by atoms with Crippen LogP contribution in [0.1, 0.15) is 52.9 Å². The molecule has 0 aromatic carbocycles. The number of nitrogens with one attached hydrogen (secondary N) is 1. The van der Waals surface area contributed by atoms with Crippen molar-refractivity contribution in [3.63, 3.8) is 0 Å². The van der Waals surface area contributed by atoms with Gasteiger partial charge in [0.2, 0.25) is 5.91 Å². The van der Waals surface area contributed by atoms with E-state index in [-0.39, 0.29) is 11.8 Å². The summed E-state index contributed by atoms with van der Waals surface area (Å²) in [7, 11) is 0. The quantitative estimate of drug-likeness (QED) is 0.795. The summed E-state index contributed by atoms with van der Waals surface area (Å²) in [6.07, 6.45) is 4.59. The van der Waals surface area contributed by atoms with Crippen LogP contribution in [-0.4, -0.2) is 11.4 Å². The Bertz CT molecular complexity index is 289. The van der Waals surface area contributed by atoms with Crippen molar-refractivity contribution in [2.45, 2.75) is 58.4 Å². The first-order valence-corrected chi connectivity index (χ1v) is 6.31. The van der Waals surface area contributed by atoms with E-state index in [1.165, 1.54) is 0 Å². The minimum Gasteiger partial charge on any atom is -0.338 e. The lowest BCUT2D eigenvalue weighted by Gasteiger charge is -2.27. The second-order valence-corrected chi connectivity index (χ2v) is 4.90. The van der Waals surface area contributed by atoms with Crippen LogP contribution < -0.4 is 5.32 Å². The lowest BCUT2D eigenvalue weighted by atomic mass is 9.91. The molecule has 0 heterocycles. The molecule has 3 heteroatoms. The molecule has 0 aliphatic heterocycles. The lowest BCUT2D eigenvalue weighted by Crippen LogP contribution is -2.49. The van der Waals surface area contributed by atoms with Crippen LogP contribution in [0.3, 0.4) is 0 Å². The molecule has 1 fully saturated rings. The largest absolute Gasteiger partial charge is 0.338 e. The first-order chi connectivity index (χ1) is 7.58. The van der Waals surface area contributed by atoms with Gasteiger partial charge in [0.05, 0.1) is 6.07 Å². The van der Waals surface area contributed by atoms with Gasteiger partial charge >= 0.3 is 0 Å². The van der Waals surface area contributed by atoms with E-state index in [0.29, 0.717) is 18.8 Å². The van der Waals surface area contributed by atoms with E-state index in [0.717, 1.165) is 19.3 Å². The van der Waals surface area contributed by atoms with Crippen LogP contribution in [0.2, 0.25) is 0 Å². The Balaban J connectivity index is 2.66. The van der Waals surface area contributed by atoms with Gasteiger partial charge in [-0.3, -0.25) is 4.79 Å². The van der Waals surface area contributed by atoms with Crippen molar-refractivity contribution >= 4 is 5.91 Å². The minimum atomic E-state index is -0.653. The maximum Gasteiger partial charge on any atom is 0.224 e. The highest BCUT2D eigenvalue weighted by Crippen LogP contribution is 2.32. The van der Waals surface area contributed by atoms with E-state index in [2.05, 4.69) is 18.3 Å². The molecule has 16 heavy (non-hydrogen) atoms. The molecule has 3 nitrogen and oxygen atoms in total. The molecule has 1 saturated carbocycles. The maximum absolute atomic E-state index is 12.1. The predicted octanol–water partition coefficient (Wildman–Crippen LogP) is 2.62. The van der Waals surface area contributed by atoms with Crippen LogP contribution in [0.4, 0.5) is 0 Å². The fourth-order valence-corrected chi connectivity index (χ4v) is 2.48. The van der Waals surface area contributed by atoms with E-state index < -0.39 is 5.54 Å². The second kappa shape index (κ2) is 5.34. The summed E-state index contributed by atoms with van der Waals surface area (Å²) >= 11 is 0. The van der Waals surface area contributed by atoms with Crippen molar-refractivity contribution in [3.8, 4) is 6.07 Å². The van der Waals surface area contributed by atoms with E-state index in [9.17, 15) is 4.79 Å². The molecule has 1 N–H and O–H groups in total. The van der Waals surface area contributed by atoms with E-state index in [4.69, 9.17) is 5.26 Å².